The van der Waals surface area contributed by atoms with Gasteiger partial charge in [0.2, 0.25) is 5.69 Å². The van der Waals surface area contributed by atoms with E-state index in [2.05, 4.69) is 61.8 Å². The zero-order valence-corrected chi connectivity index (χ0v) is 16.8. The summed E-state index contributed by atoms with van der Waals surface area (Å²) in [6.07, 6.45) is 10.7. The first-order valence-electron chi connectivity index (χ1n) is 9.65. The van der Waals surface area contributed by atoms with E-state index in [9.17, 15) is 5.11 Å². The predicted molar refractivity (Wildman–Crippen MR) is 111 cm³/mol. The van der Waals surface area contributed by atoms with Crippen LogP contribution in [0.1, 0.15) is 58.4 Å². The molecule has 2 nitrogen and oxygen atoms in total. The molecule has 0 fully saturated rings. The van der Waals surface area contributed by atoms with Gasteiger partial charge in [-0.15, -0.1) is 0 Å². The molecule has 1 aliphatic carbocycles. The van der Waals surface area contributed by atoms with Crippen LogP contribution < -0.4 is 0 Å². The van der Waals surface area contributed by atoms with Gasteiger partial charge in [0.05, 0.1) is 16.7 Å². The highest BCUT2D eigenvalue weighted by atomic mass is 35.5. The predicted octanol–water partition coefficient (Wildman–Crippen LogP) is 6.54. The first-order valence-corrected chi connectivity index (χ1v) is 10.0. The lowest BCUT2D eigenvalue weighted by Crippen LogP contribution is -2.28. The topological polar surface area (TPSA) is 23.2 Å². The van der Waals surface area contributed by atoms with Crippen LogP contribution in [0, 0.1) is 0 Å². The van der Waals surface area contributed by atoms with Gasteiger partial charge in [0.1, 0.15) is 6.54 Å². The second-order valence-corrected chi connectivity index (χ2v) is 8.09. The quantitative estimate of drug-likeness (QED) is 0.461. The van der Waals surface area contributed by atoms with Crippen molar-refractivity contribution in [3.63, 3.8) is 0 Å². The number of unbranched alkanes of at least 4 members (excludes halogenated alkanes) is 1. The van der Waals surface area contributed by atoms with Gasteiger partial charge in [-0.1, -0.05) is 49.2 Å². The monoisotopic (exact) mass is 370 g/mol. The zero-order valence-electron chi connectivity index (χ0n) is 16.1. The van der Waals surface area contributed by atoms with E-state index in [4.69, 9.17) is 11.6 Å². The molecule has 3 rings (SSSR count). The first kappa shape index (κ1) is 19.0. The van der Waals surface area contributed by atoms with Crippen LogP contribution in [0.25, 0.3) is 0 Å². The summed E-state index contributed by atoms with van der Waals surface area (Å²) in [6.45, 7) is 7.86. The third kappa shape index (κ3) is 3.40. The third-order valence-corrected chi connectivity index (χ3v) is 6.07. The van der Waals surface area contributed by atoms with Crippen LogP contribution in [0.15, 0.2) is 58.9 Å². The molecule has 0 unspecified atom stereocenters. The van der Waals surface area contributed by atoms with E-state index in [-0.39, 0.29) is 5.41 Å². The van der Waals surface area contributed by atoms with Crippen molar-refractivity contribution in [2.45, 2.75) is 58.3 Å². The van der Waals surface area contributed by atoms with E-state index in [0.717, 1.165) is 43.2 Å². The molecule has 0 bridgehead atoms. The van der Waals surface area contributed by atoms with Gasteiger partial charge in [-0.05, 0) is 38.7 Å². The van der Waals surface area contributed by atoms with Gasteiger partial charge in [-0.25, -0.2) is 0 Å². The van der Waals surface area contributed by atoms with Crippen LogP contribution in [0.4, 0.5) is 5.69 Å². The van der Waals surface area contributed by atoms with Crippen LogP contribution in [-0.2, 0) is 5.41 Å². The van der Waals surface area contributed by atoms with Crippen molar-refractivity contribution >= 4 is 23.0 Å². The Morgan fingerprint density at radius 1 is 1.19 bits per heavy atom. The van der Waals surface area contributed by atoms with E-state index in [0.29, 0.717) is 5.03 Å². The van der Waals surface area contributed by atoms with Crippen LogP contribution in [-0.4, -0.2) is 21.9 Å². The second kappa shape index (κ2) is 7.84. The summed E-state index contributed by atoms with van der Waals surface area (Å²) in [5.74, 6) is 0. The molecule has 2 aliphatic rings. The largest absolute Gasteiger partial charge is 0.515 e. The number of allylic oxidation sites excluding steroid dienone is 5. The lowest BCUT2D eigenvalue weighted by atomic mass is 9.81. The molecule has 0 spiro atoms. The number of nitrogens with zero attached hydrogens (tertiary/aromatic N) is 1. The molecule has 1 heterocycles. The molecule has 0 aromatic heterocycles. The van der Waals surface area contributed by atoms with Crippen molar-refractivity contribution in [2.75, 3.05) is 6.54 Å². The molecule has 3 heteroatoms. The fourth-order valence-electron chi connectivity index (χ4n) is 4.05. The first-order chi connectivity index (χ1) is 12.5. The highest BCUT2D eigenvalue weighted by Gasteiger charge is 2.43. The van der Waals surface area contributed by atoms with Gasteiger partial charge in [0.15, 0.2) is 5.71 Å². The summed E-state index contributed by atoms with van der Waals surface area (Å²) in [6, 6.07) is 8.73. The van der Waals surface area contributed by atoms with E-state index in [1.165, 1.54) is 29.8 Å². The van der Waals surface area contributed by atoms with E-state index in [1.807, 2.05) is 0 Å². The maximum absolute atomic E-state index is 9.38. The number of para-hydroxylation sites is 1. The molecule has 1 N–H and O–H groups in total. The van der Waals surface area contributed by atoms with Crippen molar-refractivity contribution in [3.8, 4) is 0 Å². The standard InChI is InChI=1S/C23H28ClNO/c1-4-5-15-25-20-12-7-6-11-19(20)23(2,3)21(25)14-13-17-9-8-10-18(16-26)22(17)24/h6-7,11-14,16H,4-5,8-10,15H2,1-3H3/p+1. The Morgan fingerprint density at radius 2 is 1.96 bits per heavy atom. The maximum Gasteiger partial charge on any atom is 0.209 e. The van der Waals surface area contributed by atoms with E-state index >= 15 is 0 Å². The molecule has 1 aromatic carbocycles. The molecule has 0 radical (unpaired) electrons. The normalized spacial score (nSPS) is 21.2. The molecular weight excluding hydrogens is 342 g/mol. The number of hydrogen-bond acceptors (Lipinski definition) is 1. The minimum Gasteiger partial charge on any atom is -0.515 e. The van der Waals surface area contributed by atoms with Crippen LogP contribution in [0.5, 0.6) is 0 Å². The molecule has 0 saturated heterocycles. The molecule has 0 saturated carbocycles. The van der Waals surface area contributed by atoms with Gasteiger partial charge in [0.25, 0.3) is 0 Å². The fourth-order valence-corrected chi connectivity index (χ4v) is 4.35. The Hall–Kier alpha value is -1.80. The Labute approximate surface area is 162 Å². The number of aliphatic hydroxyl groups excluding tert-OH is 1. The molecule has 1 aliphatic heterocycles. The Kier molecular flexibility index (Phi) is 5.72. The van der Waals surface area contributed by atoms with Crippen molar-refractivity contribution in [1.82, 2.24) is 0 Å². The summed E-state index contributed by atoms with van der Waals surface area (Å²) in [7, 11) is 0. The SMILES string of the molecule is CCCC[N+]1=C(/C=C/C2=C(Cl)C(=C/O)/CCC2)C(C)(C)c2ccccc21. The Bertz CT molecular complexity index is 811. The number of halogens is 1. The summed E-state index contributed by atoms with van der Waals surface area (Å²) in [4.78, 5) is 0. The van der Waals surface area contributed by atoms with Crippen molar-refractivity contribution in [3.05, 3.63) is 64.4 Å². The molecule has 0 amide bonds. The number of fused-ring (bicyclic) bond motifs is 1. The fraction of sp³-hybridized carbons (Fsp3) is 0.435. The van der Waals surface area contributed by atoms with Crippen LogP contribution in [0.2, 0.25) is 0 Å². The van der Waals surface area contributed by atoms with Crippen LogP contribution in [0.3, 0.4) is 0 Å². The average Bonchev–Trinajstić information content (AvgIpc) is 2.86. The number of hydrogen-bond donors (Lipinski definition) is 1. The highest BCUT2D eigenvalue weighted by molar-refractivity contribution is 6.32. The van der Waals surface area contributed by atoms with Crippen molar-refractivity contribution in [1.29, 1.82) is 0 Å². The van der Waals surface area contributed by atoms with Crippen LogP contribution >= 0.6 is 11.6 Å². The highest BCUT2D eigenvalue weighted by Crippen LogP contribution is 2.40. The summed E-state index contributed by atoms with van der Waals surface area (Å²) in [5.41, 5.74) is 5.97. The summed E-state index contributed by atoms with van der Waals surface area (Å²) < 4.78 is 2.47. The lowest BCUT2D eigenvalue weighted by Gasteiger charge is -2.17. The van der Waals surface area contributed by atoms with Gasteiger partial charge in [0, 0.05) is 29.7 Å². The molecule has 138 valence electrons. The minimum absolute atomic E-state index is 0.0296. The van der Waals surface area contributed by atoms with Gasteiger partial charge >= 0.3 is 0 Å². The van der Waals surface area contributed by atoms with Crippen molar-refractivity contribution < 1.29 is 9.68 Å². The van der Waals surface area contributed by atoms with Crippen molar-refractivity contribution in [2.24, 2.45) is 0 Å². The third-order valence-electron chi connectivity index (χ3n) is 5.59. The van der Waals surface area contributed by atoms with Gasteiger partial charge in [-0.3, -0.25) is 0 Å². The average molecular weight is 371 g/mol. The molecule has 0 atom stereocenters. The molecular formula is C23H29ClNO+. The van der Waals surface area contributed by atoms with Gasteiger partial charge < -0.3 is 5.11 Å². The molecule has 1 aromatic rings. The second-order valence-electron chi connectivity index (χ2n) is 7.71. The minimum atomic E-state index is -0.0296. The summed E-state index contributed by atoms with van der Waals surface area (Å²) in [5, 5.41) is 10.1. The zero-order chi connectivity index (χ0) is 18.7. The van der Waals surface area contributed by atoms with E-state index in [1.54, 1.807) is 0 Å². The van der Waals surface area contributed by atoms with E-state index < -0.39 is 0 Å². The van der Waals surface area contributed by atoms with Gasteiger partial charge in [-0.2, -0.15) is 4.58 Å². The molecule has 26 heavy (non-hydrogen) atoms. The number of benzene rings is 1. The number of aliphatic hydroxyl groups is 1. The smallest absolute Gasteiger partial charge is 0.209 e. The Morgan fingerprint density at radius 3 is 2.69 bits per heavy atom. The summed E-state index contributed by atoms with van der Waals surface area (Å²) >= 11 is 6.49. The maximum atomic E-state index is 9.38. The lowest BCUT2D eigenvalue weighted by molar-refractivity contribution is -0.438. The number of rotatable bonds is 5. The Balaban J connectivity index is 2.03.